The van der Waals surface area contributed by atoms with E-state index in [1.807, 2.05) is 24.3 Å². The average Bonchev–Trinajstić information content (AvgIpc) is 2.57. The van der Waals surface area contributed by atoms with Crippen molar-refractivity contribution in [3.05, 3.63) is 67.0 Å². The van der Waals surface area contributed by atoms with Crippen molar-refractivity contribution < 1.29 is 0 Å². The topological polar surface area (TPSA) is 62.5 Å². The van der Waals surface area contributed by atoms with Crippen LogP contribution >= 0.6 is 0 Å². The van der Waals surface area contributed by atoms with Crippen molar-refractivity contribution in [1.82, 2.24) is 15.0 Å². The number of hydrogen-bond donors (Lipinski definition) is 0. The van der Waals surface area contributed by atoms with Crippen LogP contribution in [0, 0.1) is 11.3 Å². The summed E-state index contributed by atoms with van der Waals surface area (Å²) in [5.41, 5.74) is 4.74. The molecule has 21 heavy (non-hydrogen) atoms. The fraction of sp³-hybridized carbons (Fsp3) is 0.0588. The zero-order valence-electron chi connectivity index (χ0n) is 11.3. The molecule has 0 aliphatic rings. The van der Waals surface area contributed by atoms with Crippen molar-refractivity contribution in [2.24, 2.45) is 0 Å². The first-order chi connectivity index (χ1) is 10.4. The molecule has 3 heterocycles. The smallest absolute Gasteiger partial charge is 0.0670 e. The average molecular weight is 272 g/mol. The second kappa shape index (κ2) is 5.93. The van der Waals surface area contributed by atoms with Gasteiger partial charge in [-0.25, -0.2) is 0 Å². The molecule has 0 aliphatic heterocycles. The number of hydrogen-bond acceptors (Lipinski definition) is 4. The van der Waals surface area contributed by atoms with Crippen LogP contribution in [0.15, 0.2) is 61.4 Å². The third-order valence-corrected chi connectivity index (χ3v) is 3.26. The maximum Gasteiger partial charge on any atom is 0.0670 e. The van der Waals surface area contributed by atoms with Crippen molar-refractivity contribution in [3.63, 3.8) is 0 Å². The molecule has 0 aromatic carbocycles. The van der Waals surface area contributed by atoms with Gasteiger partial charge >= 0.3 is 0 Å². The minimum absolute atomic E-state index is 0.316. The highest BCUT2D eigenvalue weighted by atomic mass is 14.7. The Morgan fingerprint density at radius 2 is 1.38 bits per heavy atom. The Balaban J connectivity index is 2.21. The van der Waals surface area contributed by atoms with Crippen molar-refractivity contribution in [2.45, 2.75) is 6.42 Å². The number of nitriles is 1. The van der Waals surface area contributed by atoms with Crippen molar-refractivity contribution in [3.8, 4) is 28.3 Å². The molecule has 4 heteroatoms. The Bertz CT molecular complexity index is 719. The van der Waals surface area contributed by atoms with E-state index in [4.69, 9.17) is 5.26 Å². The molecule has 3 aromatic heterocycles. The van der Waals surface area contributed by atoms with Gasteiger partial charge < -0.3 is 0 Å². The van der Waals surface area contributed by atoms with Gasteiger partial charge in [-0.2, -0.15) is 5.26 Å². The molecule has 0 spiro atoms. The van der Waals surface area contributed by atoms with E-state index in [1.54, 1.807) is 37.2 Å². The largest absolute Gasteiger partial charge is 0.264 e. The lowest BCUT2D eigenvalue weighted by atomic mass is 9.94. The summed E-state index contributed by atoms with van der Waals surface area (Å²) in [7, 11) is 0. The molecule has 3 aromatic rings. The number of pyridine rings is 3. The van der Waals surface area contributed by atoms with Crippen LogP contribution in [0.1, 0.15) is 5.56 Å². The molecule has 0 atom stereocenters. The molecular formula is C17H12N4. The van der Waals surface area contributed by atoms with Crippen LogP contribution in [0.5, 0.6) is 0 Å². The highest BCUT2D eigenvalue weighted by Crippen LogP contribution is 2.31. The monoisotopic (exact) mass is 272 g/mol. The Labute approximate surface area is 122 Å². The van der Waals surface area contributed by atoms with Gasteiger partial charge in [0.25, 0.3) is 0 Å². The molecule has 0 bridgehead atoms. The number of aromatic nitrogens is 3. The molecule has 0 aliphatic carbocycles. The van der Waals surface area contributed by atoms with Gasteiger partial charge in [0.15, 0.2) is 0 Å². The van der Waals surface area contributed by atoms with E-state index >= 15 is 0 Å². The Morgan fingerprint density at radius 1 is 0.810 bits per heavy atom. The standard InChI is InChI=1S/C17H12N4/c18-6-5-15-16(13-3-1-7-19-9-13)11-21-12-17(15)14-4-2-8-20-10-14/h1-4,7-12H,5H2. The zero-order valence-corrected chi connectivity index (χ0v) is 11.3. The molecule has 3 rings (SSSR count). The van der Waals surface area contributed by atoms with Gasteiger partial charge in [0.2, 0.25) is 0 Å². The molecule has 0 unspecified atom stereocenters. The van der Waals surface area contributed by atoms with Crippen molar-refractivity contribution >= 4 is 0 Å². The lowest BCUT2D eigenvalue weighted by molar-refractivity contribution is 1.20. The first-order valence-electron chi connectivity index (χ1n) is 6.55. The van der Waals surface area contributed by atoms with Gasteiger partial charge in [0, 0.05) is 59.4 Å². The normalized spacial score (nSPS) is 10.0. The summed E-state index contributed by atoms with van der Waals surface area (Å²) in [5.74, 6) is 0. The van der Waals surface area contributed by atoms with Crippen LogP contribution in [-0.4, -0.2) is 15.0 Å². The minimum atomic E-state index is 0.316. The molecule has 0 fully saturated rings. The van der Waals surface area contributed by atoms with Crippen molar-refractivity contribution in [1.29, 1.82) is 5.26 Å². The van der Waals surface area contributed by atoms with Gasteiger partial charge in [-0.05, 0) is 17.7 Å². The van der Waals surface area contributed by atoms with Crippen LogP contribution in [0.4, 0.5) is 0 Å². The fourth-order valence-corrected chi connectivity index (χ4v) is 2.30. The molecular weight excluding hydrogens is 260 g/mol. The quantitative estimate of drug-likeness (QED) is 0.734. The third kappa shape index (κ3) is 2.63. The summed E-state index contributed by atoms with van der Waals surface area (Å²) < 4.78 is 0. The Hall–Kier alpha value is -3.06. The van der Waals surface area contributed by atoms with E-state index in [9.17, 15) is 0 Å². The van der Waals surface area contributed by atoms with E-state index in [-0.39, 0.29) is 0 Å². The molecule has 0 radical (unpaired) electrons. The van der Waals surface area contributed by atoms with Gasteiger partial charge in [-0.15, -0.1) is 0 Å². The molecule has 0 saturated heterocycles. The zero-order chi connectivity index (χ0) is 14.5. The lowest BCUT2D eigenvalue weighted by Crippen LogP contribution is -1.96. The Morgan fingerprint density at radius 3 is 1.81 bits per heavy atom. The third-order valence-electron chi connectivity index (χ3n) is 3.26. The summed E-state index contributed by atoms with van der Waals surface area (Å²) in [4.78, 5) is 12.6. The van der Waals surface area contributed by atoms with E-state index in [0.717, 1.165) is 27.8 Å². The van der Waals surface area contributed by atoms with Crippen LogP contribution in [0.25, 0.3) is 22.3 Å². The lowest BCUT2D eigenvalue weighted by Gasteiger charge is -2.12. The second-order valence-electron chi connectivity index (χ2n) is 4.53. The highest BCUT2D eigenvalue weighted by molar-refractivity contribution is 5.77. The van der Waals surface area contributed by atoms with E-state index < -0.39 is 0 Å². The van der Waals surface area contributed by atoms with Crippen LogP contribution in [0.2, 0.25) is 0 Å². The van der Waals surface area contributed by atoms with Gasteiger partial charge in [0.1, 0.15) is 0 Å². The van der Waals surface area contributed by atoms with E-state index in [0.29, 0.717) is 6.42 Å². The molecule has 0 N–H and O–H groups in total. The summed E-state index contributed by atoms with van der Waals surface area (Å²) in [6.45, 7) is 0. The number of nitrogens with zero attached hydrogens (tertiary/aromatic N) is 4. The van der Waals surface area contributed by atoms with Crippen LogP contribution < -0.4 is 0 Å². The summed E-state index contributed by atoms with van der Waals surface area (Å²) in [6, 6.07) is 9.93. The molecule has 4 nitrogen and oxygen atoms in total. The number of rotatable bonds is 3. The van der Waals surface area contributed by atoms with E-state index in [2.05, 4.69) is 21.0 Å². The first kappa shape index (κ1) is 12.9. The SMILES string of the molecule is N#CCc1c(-c2cccnc2)cncc1-c1cccnc1. The van der Waals surface area contributed by atoms with Crippen LogP contribution in [0.3, 0.4) is 0 Å². The predicted octanol–water partition coefficient (Wildman–Crippen LogP) is 3.27. The maximum absolute atomic E-state index is 9.16. The maximum atomic E-state index is 9.16. The van der Waals surface area contributed by atoms with Gasteiger partial charge in [-0.1, -0.05) is 12.1 Å². The Kier molecular flexibility index (Phi) is 3.66. The first-order valence-corrected chi connectivity index (χ1v) is 6.55. The summed E-state index contributed by atoms with van der Waals surface area (Å²) >= 11 is 0. The summed E-state index contributed by atoms with van der Waals surface area (Å²) in [6.07, 6.45) is 10.9. The second-order valence-corrected chi connectivity index (χ2v) is 4.53. The van der Waals surface area contributed by atoms with Crippen LogP contribution in [-0.2, 0) is 6.42 Å². The van der Waals surface area contributed by atoms with Crippen molar-refractivity contribution in [2.75, 3.05) is 0 Å². The highest BCUT2D eigenvalue weighted by Gasteiger charge is 2.12. The molecule has 0 saturated carbocycles. The van der Waals surface area contributed by atoms with Gasteiger partial charge in [0.05, 0.1) is 12.5 Å². The summed E-state index contributed by atoms with van der Waals surface area (Å²) in [5, 5.41) is 9.16. The van der Waals surface area contributed by atoms with Gasteiger partial charge in [-0.3, -0.25) is 15.0 Å². The minimum Gasteiger partial charge on any atom is -0.264 e. The fourth-order valence-electron chi connectivity index (χ4n) is 2.30. The molecule has 0 amide bonds. The predicted molar refractivity (Wildman–Crippen MR) is 80.0 cm³/mol. The molecule has 100 valence electrons. The van der Waals surface area contributed by atoms with E-state index in [1.165, 1.54) is 0 Å².